The smallest absolute Gasteiger partial charge is 0.262 e. The standard InChI is InChI=1S/C24H24N2O3/c1-17-8-10-19(11-9-17)24(28)26(3)20-12-14-21(15-13-20)29-16-23(27)25-22-7-5-4-6-18(22)2/h4-15H,16H2,1-3H3,(H,25,27). The van der Waals surface area contributed by atoms with Gasteiger partial charge in [-0.3, -0.25) is 9.59 Å². The summed E-state index contributed by atoms with van der Waals surface area (Å²) in [6.45, 7) is 3.83. The molecule has 0 saturated carbocycles. The molecule has 0 saturated heterocycles. The van der Waals surface area contributed by atoms with Crippen LogP contribution in [-0.2, 0) is 4.79 Å². The first-order valence-corrected chi connectivity index (χ1v) is 9.37. The average Bonchev–Trinajstić information content (AvgIpc) is 2.74. The highest BCUT2D eigenvalue weighted by molar-refractivity contribution is 6.05. The van der Waals surface area contributed by atoms with Crippen molar-refractivity contribution in [2.24, 2.45) is 0 Å². The number of nitrogens with zero attached hydrogens (tertiary/aromatic N) is 1. The zero-order chi connectivity index (χ0) is 20.8. The predicted molar refractivity (Wildman–Crippen MR) is 116 cm³/mol. The highest BCUT2D eigenvalue weighted by Gasteiger charge is 2.13. The number of ether oxygens (including phenoxy) is 1. The lowest BCUT2D eigenvalue weighted by molar-refractivity contribution is -0.118. The van der Waals surface area contributed by atoms with Gasteiger partial charge in [0.05, 0.1) is 0 Å². The molecule has 0 aliphatic carbocycles. The Morgan fingerprint density at radius 1 is 0.897 bits per heavy atom. The Bertz CT molecular complexity index is 995. The zero-order valence-electron chi connectivity index (χ0n) is 16.8. The van der Waals surface area contributed by atoms with Crippen LogP contribution in [0, 0.1) is 13.8 Å². The van der Waals surface area contributed by atoms with Crippen molar-refractivity contribution in [3.8, 4) is 5.75 Å². The highest BCUT2D eigenvalue weighted by atomic mass is 16.5. The molecule has 0 fully saturated rings. The van der Waals surface area contributed by atoms with Crippen molar-refractivity contribution in [1.29, 1.82) is 0 Å². The summed E-state index contributed by atoms with van der Waals surface area (Å²) < 4.78 is 5.56. The molecule has 0 atom stereocenters. The lowest BCUT2D eigenvalue weighted by atomic mass is 10.1. The van der Waals surface area contributed by atoms with Crippen LogP contribution in [0.25, 0.3) is 0 Å². The largest absolute Gasteiger partial charge is 0.484 e. The van der Waals surface area contributed by atoms with Crippen molar-refractivity contribution in [2.45, 2.75) is 13.8 Å². The first-order valence-electron chi connectivity index (χ1n) is 9.37. The van der Waals surface area contributed by atoms with Gasteiger partial charge in [0.2, 0.25) is 0 Å². The van der Waals surface area contributed by atoms with Crippen molar-refractivity contribution in [1.82, 2.24) is 0 Å². The van der Waals surface area contributed by atoms with Gasteiger partial charge in [-0.1, -0.05) is 35.9 Å². The van der Waals surface area contributed by atoms with Crippen molar-refractivity contribution < 1.29 is 14.3 Å². The van der Waals surface area contributed by atoms with Gasteiger partial charge in [0, 0.05) is 24.0 Å². The van der Waals surface area contributed by atoms with Gasteiger partial charge in [0.1, 0.15) is 5.75 Å². The second kappa shape index (κ2) is 9.06. The Morgan fingerprint density at radius 2 is 1.55 bits per heavy atom. The van der Waals surface area contributed by atoms with E-state index in [1.807, 2.05) is 62.4 Å². The van der Waals surface area contributed by atoms with Crippen LogP contribution in [0.15, 0.2) is 72.8 Å². The fourth-order valence-corrected chi connectivity index (χ4v) is 2.82. The second-order valence-electron chi connectivity index (χ2n) is 6.88. The summed E-state index contributed by atoms with van der Waals surface area (Å²) in [5, 5.41) is 2.83. The number of carbonyl (C=O) groups excluding carboxylic acids is 2. The normalized spacial score (nSPS) is 10.3. The van der Waals surface area contributed by atoms with E-state index in [1.54, 1.807) is 36.2 Å². The molecule has 5 nitrogen and oxygen atoms in total. The quantitative estimate of drug-likeness (QED) is 0.671. The zero-order valence-corrected chi connectivity index (χ0v) is 16.8. The molecular weight excluding hydrogens is 364 g/mol. The third-order valence-electron chi connectivity index (χ3n) is 4.62. The monoisotopic (exact) mass is 388 g/mol. The highest BCUT2D eigenvalue weighted by Crippen LogP contribution is 2.20. The van der Waals surface area contributed by atoms with Gasteiger partial charge in [-0.2, -0.15) is 0 Å². The van der Waals surface area contributed by atoms with Crippen LogP contribution in [0.4, 0.5) is 11.4 Å². The maximum Gasteiger partial charge on any atom is 0.262 e. The number of aryl methyl sites for hydroxylation is 2. The molecule has 0 bridgehead atoms. The van der Waals surface area contributed by atoms with Gasteiger partial charge < -0.3 is 15.0 Å². The fraction of sp³-hybridized carbons (Fsp3) is 0.167. The Balaban J connectivity index is 1.57. The summed E-state index contributed by atoms with van der Waals surface area (Å²) >= 11 is 0. The van der Waals surface area contributed by atoms with Gasteiger partial charge in [-0.05, 0) is 61.9 Å². The molecule has 3 rings (SSSR count). The lowest BCUT2D eigenvalue weighted by Crippen LogP contribution is -2.26. The average molecular weight is 388 g/mol. The number of amides is 2. The van der Waals surface area contributed by atoms with E-state index in [2.05, 4.69) is 5.32 Å². The van der Waals surface area contributed by atoms with E-state index < -0.39 is 0 Å². The fourth-order valence-electron chi connectivity index (χ4n) is 2.82. The lowest BCUT2D eigenvalue weighted by Gasteiger charge is -2.18. The molecular formula is C24H24N2O3. The first-order chi connectivity index (χ1) is 13.9. The Kier molecular flexibility index (Phi) is 6.29. The molecule has 0 spiro atoms. The molecule has 0 unspecified atom stereocenters. The molecule has 1 N–H and O–H groups in total. The molecule has 29 heavy (non-hydrogen) atoms. The SMILES string of the molecule is Cc1ccc(C(=O)N(C)c2ccc(OCC(=O)Nc3ccccc3C)cc2)cc1. The molecule has 5 heteroatoms. The van der Waals surface area contributed by atoms with Gasteiger partial charge in [-0.15, -0.1) is 0 Å². The third-order valence-corrected chi connectivity index (χ3v) is 4.62. The first kappa shape index (κ1) is 20.1. The molecule has 0 aliphatic rings. The second-order valence-corrected chi connectivity index (χ2v) is 6.88. The molecule has 0 aliphatic heterocycles. The molecule has 0 radical (unpaired) electrons. The van der Waals surface area contributed by atoms with Crippen LogP contribution in [0.5, 0.6) is 5.75 Å². The van der Waals surface area contributed by atoms with E-state index in [9.17, 15) is 9.59 Å². The maximum atomic E-state index is 12.6. The minimum Gasteiger partial charge on any atom is -0.484 e. The van der Waals surface area contributed by atoms with E-state index in [4.69, 9.17) is 4.74 Å². The minimum absolute atomic E-state index is 0.0868. The van der Waals surface area contributed by atoms with E-state index >= 15 is 0 Å². The van der Waals surface area contributed by atoms with Crippen LogP contribution in [0.2, 0.25) is 0 Å². The van der Waals surface area contributed by atoms with Crippen molar-refractivity contribution >= 4 is 23.2 Å². The van der Waals surface area contributed by atoms with Gasteiger partial charge in [-0.25, -0.2) is 0 Å². The van der Waals surface area contributed by atoms with Crippen LogP contribution in [0.3, 0.4) is 0 Å². The van der Waals surface area contributed by atoms with Crippen LogP contribution >= 0.6 is 0 Å². The van der Waals surface area contributed by atoms with Crippen molar-refractivity contribution in [3.63, 3.8) is 0 Å². The molecule has 2 amide bonds. The Labute approximate surface area is 170 Å². The molecule has 3 aromatic carbocycles. The number of nitrogens with one attached hydrogen (secondary N) is 1. The van der Waals surface area contributed by atoms with Crippen LogP contribution in [-0.4, -0.2) is 25.5 Å². The number of hydrogen-bond acceptors (Lipinski definition) is 3. The van der Waals surface area contributed by atoms with E-state index in [1.165, 1.54) is 0 Å². The number of benzene rings is 3. The summed E-state index contributed by atoms with van der Waals surface area (Å²) in [6.07, 6.45) is 0. The third kappa shape index (κ3) is 5.23. The number of para-hydroxylation sites is 1. The summed E-state index contributed by atoms with van der Waals surface area (Å²) in [5.74, 6) is 0.246. The van der Waals surface area contributed by atoms with Gasteiger partial charge in [0.15, 0.2) is 6.61 Å². The summed E-state index contributed by atoms with van der Waals surface area (Å²) in [7, 11) is 1.73. The van der Waals surface area contributed by atoms with Crippen molar-refractivity contribution in [3.05, 3.63) is 89.5 Å². The number of carbonyl (C=O) groups is 2. The van der Waals surface area contributed by atoms with E-state index in [-0.39, 0.29) is 18.4 Å². The summed E-state index contributed by atoms with van der Waals surface area (Å²) in [4.78, 5) is 26.3. The summed E-state index contributed by atoms with van der Waals surface area (Å²) in [5.41, 5.74) is 4.25. The summed E-state index contributed by atoms with van der Waals surface area (Å²) in [6, 6.07) is 22.1. The van der Waals surface area contributed by atoms with Crippen molar-refractivity contribution in [2.75, 3.05) is 23.9 Å². The van der Waals surface area contributed by atoms with Crippen LogP contribution < -0.4 is 15.0 Å². The minimum atomic E-state index is -0.227. The molecule has 0 heterocycles. The molecule has 148 valence electrons. The number of rotatable bonds is 6. The number of hydrogen-bond donors (Lipinski definition) is 1. The topological polar surface area (TPSA) is 58.6 Å². The molecule has 0 aromatic heterocycles. The van der Waals surface area contributed by atoms with Crippen LogP contribution in [0.1, 0.15) is 21.5 Å². The Hall–Kier alpha value is -3.60. The number of anilines is 2. The van der Waals surface area contributed by atoms with Gasteiger partial charge in [0.25, 0.3) is 11.8 Å². The maximum absolute atomic E-state index is 12.6. The predicted octanol–water partition coefficient (Wildman–Crippen LogP) is 4.60. The Morgan fingerprint density at radius 3 is 2.21 bits per heavy atom. The van der Waals surface area contributed by atoms with E-state index in [0.29, 0.717) is 11.3 Å². The molecule has 3 aromatic rings. The van der Waals surface area contributed by atoms with Gasteiger partial charge >= 0.3 is 0 Å². The van der Waals surface area contributed by atoms with E-state index in [0.717, 1.165) is 22.5 Å².